The lowest BCUT2D eigenvalue weighted by atomic mass is 10.2. The molecule has 0 aromatic carbocycles. The van der Waals surface area contributed by atoms with E-state index in [2.05, 4.69) is 10.4 Å². The highest BCUT2D eigenvalue weighted by atomic mass is 19.1. The van der Waals surface area contributed by atoms with Crippen molar-refractivity contribution in [3.05, 3.63) is 29.8 Å². The predicted octanol–water partition coefficient (Wildman–Crippen LogP) is 1.13. The Morgan fingerprint density at radius 2 is 2.24 bits per heavy atom. The van der Waals surface area contributed by atoms with Crippen LogP contribution in [0.5, 0.6) is 0 Å². The molecular formula is C10H8FN3O3. The van der Waals surface area contributed by atoms with Crippen LogP contribution >= 0.6 is 0 Å². The Bertz CT molecular complexity index is 621. The van der Waals surface area contributed by atoms with E-state index < -0.39 is 17.7 Å². The zero-order valence-corrected chi connectivity index (χ0v) is 8.77. The van der Waals surface area contributed by atoms with E-state index in [0.717, 1.165) is 16.9 Å². The Balaban J connectivity index is 2.63. The summed E-state index contributed by atoms with van der Waals surface area (Å²) in [6.45, 7) is 1.23. The van der Waals surface area contributed by atoms with Gasteiger partial charge in [0.05, 0.1) is 23.6 Å². The maximum Gasteiger partial charge on any atom is 0.339 e. The summed E-state index contributed by atoms with van der Waals surface area (Å²) in [5, 5.41) is 14.9. The van der Waals surface area contributed by atoms with Crippen LogP contribution in [0.1, 0.15) is 17.3 Å². The van der Waals surface area contributed by atoms with Gasteiger partial charge in [0, 0.05) is 6.92 Å². The summed E-state index contributed by atoms with van der Waals surface area (Å²) in [5.41, 5.74) is 0.0762. The summed E-state index contributed by atoms with van der Waals surface area (Å²) in [5.74, 6) is -2.29. The van der Waals surface area contributed by atoms with Crippen molar-refractivity contribution in [2.45, 2.75) is 6.92 Å². The standard InChI is InChI=1S/C10H8FN3O3/c1-5(15)13-8-2-9-6(10(16)17)3-12-14(9)4-7(8)11/h2-4H,1H3,(H,13,15)(H,16,17). The van der Waals surface area contributed by atoms with Crippen LogP contribution < -0.4 is 5.32 Å². The third-order valence-corrected chi connectivity index (χ3v) is 2.15. The number of carboxylic acids is 1. The van der Waals surface area contributed by atoms with Crippen molar-refractivity contribution >= 4 is 23.1 Å². The maximum atomic E-state index is 13.5. The molecule has 0 saturated heterocycles. The minimum atomic E-state index is -1.17. The number of carbonyl (C=O) groups is 2. The van der Waals surface area contributed by atoms with Gasteiger partial charge in [-0.2, -0.15) is 5.10 Å². The number of anilines is 1. The van der Waals surface area contributed by atoms with E-state index in [-0.39, 0.29) is 16.8 Å². The fourth-order valence-corrected chi connectivity index (χ4v) is 1.45. The van der Waals surface area contributed by atoms with Crippen LogP contribution in [-0.2, 0) is 4.79 Å². The predicted molar refractivity (Wildman–Crippen MR) is 56.4 cm³/mol. The van der Waals surface area contributed by atoms with Gasteiger partial charge in [-0.3, -0.25) is 4.79 Å². The molecule has 0 radical (unpaired) electrons. The number of nitrogens with one attached hydrogen (secondary N) is 1. The van der Waals surface area contributed by atoms with E-state index in [1.807, 2.05) is 0 Å². The van der Waals surface area contributed by atoms with Crippen molar-refractivity contribution in [1.82, 2.24) is 9.61 Å². The molecule has 2 aromatic heterocycles. The molecule has 0 fully saturated rings. The fraction of sp³-hybridized carbons (Fsp3) is 0.100. The van der Waals surface area contributed by atoms with Gasteiger partial charge in [-0.15, -0.1) is 0 Å². The average Bonchev–Trinajstić information content (AvgIpc) is 2.60. The number of hydrogen-bond donors (Lipinski definition) is 2. The summed E-state index contributed by atoms with van der Waals surface area (Å²) in [6, 6.07) is 1.23. The molecule has 2 rings (SSSR count). The fourth-order valence-electron chi connectivity index (χ4n) is 1.45. The van der Waals surface area contributed by atoms with Crippen molar-refractivity contribution in [3.63, 3.8) is 0 Å². The van der Waals surface area contributed by atoms with Gasteiger partial charge in [0.15, 0.2) is 5.82 Å². The van der Waals surface area contributed by atoms with Crippen molar-refractivity contribution in [1.29, 1.82) is 0 Å². The first-order chi connectivity index (χ1) is 7.99. The van der Waals surface area contributed by atoms with Gasteiger partial charge in [0.2, 0.25) is 5.91 Å². The normalized spacial score (nSPS) is 10.5. The number of nitrogens with zero attached hydrogens (tertiary/aromatic N) is 2. The Hall–Kier alpha value is -2.44. The Labute approximate surface area is 94.7 Å². The van der Waals surface area contributed by atoms with Crippen LogP contribution in [0.4, 0.5) is 10.1 Å². The molecular weight excluding hydrogens is 229 g/mol. The van der Waals surface area contributed by atoms with Crippen LogP contribution in [0.3, 0.4) is 0 Å². The number of rotatable bonds is 2. The number of fused-ring (bicyclic) bond motifs is 1. The van der Waals surface area contributed by atoms with Gasteiger partial charge >= 0.3 is 5.97 Å². The molecule has 0 aliphatic rings. The van der Waals surface area contributed by atoms with E-state index in [1.165, 1.54) is 13.0 Å². The lowest BCUT2D eigenvalue weighted by Crippen LogP contribution is -2.08. The van der Waals surface area contributed by atoms with Gasteiger partial charge in [0.25, 0.3) is 0 Å². The SMILES string of the molecule is CC(=O)Nc1cc2c(C(=O)O)cnn2cc1F. The van der Waals surface area contributed by atoms with Crippen LogP contribution in [-0.4, -0.2) is 26.6 Å². The number of halogens is 1. The molecule has 1 amide bonds. The van der Waals surface area contributed by atoms with Crippen LogP contribution in [0.25, 0.3) is 5.52 Å². The number of hydrogen-bond acceptors (Lipinski definition) is 3. The van der Waals surface area contributed by atoms with Crippen LogP contribution in [0.15, 0.2) is 18.5 Å². The molecule has 0 atom stereocenters. The minimum absolute atomic E-state index is 0.0587. The highest BCUT2D eigenvalue weighted by Crippen LogP contribution is 2.19. The maximum absolute atomic E-state index is 13.5. The lowest BCUT2D eigenvalue weighted by molar-refractivity contribution is -0.114. The molecule has 2 heterocycles. The summed E-state index contributed by atoms with van der Waals surface area (Å²) in [4.78, 5) is 21.7. The smallest absolute Gasteiger partial charge is 0.339 e. The zero-order valence-electron chi connectivity index (χ0n) is 8.77. The van der Waals surface area contributed by atoms with E-state index in [4.69, 9.17) is 5.11 Å². The molecule has 2 N–H and O–H groups in total. The third-order valence-electron chi connectivity index (χ3n) is 2.15. The summed E-state index contributed by atoms with van der Waals surface area (Å²) >= 11 is 0. The first-order valence-electron chi connectivity index (χ1n) is 4.67. The third kappa shape index (κ3) is 1.94. The number of aromatic nitrogens is 2. The molecule has 0 unspecified atom stereocenters. The second-order valence-electron chi connectivity index (χ2n) is 3.41. The number of carboxylic acid groups (broad SMARTS) is 1. The van der Waals surface area contributed by atoms with Gasteiger partial charge in [-0.25, -0.2) is 13.7 Å². The largest absolute Gasteiger partial charge is 0.478 e. The quantitative estimate of drug-likeness (QED) is 0.820. The lowest BCUT2D eigenvalue weighted by Gasteiger charge is -2.04. The first kappa shape index (κ1) is 11.1. The van der Waals surface area contributed by atoms with Crippen molar-refractivity contribution < 1.29 is 19.1 Å². The molecule has 0 spiro atoms. The average molecular weight is 237 g/mol. The molecule has 6 nitrogen and oxygen atoms in total. The molecule has 0 bridgehead atoms. The van der Waals surface area contributed by atoms with E-state index in [1.54, 1.807) is 0 Å². The van der Waals surface area contributed by atoms with Crippen LogP contribution in [0.2, 0.25) is 0 Å². The Morgan fingerprint density at radius 3 is 2.82 bits per heavy atom. The van der Waals surface area contributed by atoms with E-state index >= 15 is 0 Å². The minimum Gasteiger partial charge on any atom is -0.478 e. The number of amides is 1. The van der Waals surface area contributed by atoms with E-state index in [9.17, 15) is 14.0 Å². The molecule has 2 aromatic rings. The Morgan fingerprint density at radius 1 is 1.53 bits per heavy atom. The highest BCUT2D eigenvalue weighted by Gasteiger charge is 2.14. The summed E-state index contributed by atoms with van der Waals surface area (Å²) < 4.78 is 14.6. The molecule has 0 aliphatic carbocycles. The second kappa shape index (κ2) is 3.85. The van der Waals surface area contributed by atoms with Crippen LogP contribution in [0, 0.1) is 5.82 Å². The van der Waals surface area contributed by atoms with Gasteiger partial charge in [0.1, 0.15) is 5.56 Å². The highest BCUT2D eigenvalue weighted by molar-refractivity contribution is 5.97. The van der Waals surface area contributed by atoms with Gasteiger partial charge in [-0.1, -0.05) is 0 Å². The number of aromatic carboxylic acids is 1. The molecule has 0 saturated carbocycles. The topological polar surface area (TPSA) is 83.7 Å². The molecule has 88 valence electrons. The van der Waals surface area contributed by atoms with E-state index in [0.29, 0.717) is 0 Å². The molecule has 17 heavy (non-hydrogen) atoms. The van der Waals surface area contributed by atoms with Crippen molar-refractivity contribution in [3.8, 4) is 0 Å². The number of pyridine rings is 1. The second-order valence-corrected chi connectivity index (χ2v) is 3.41. The molecule has 7 heteroatoms. The first-order valence-corrected chi connectivity index (χ1v) is 4.67. The van der Waals surface area contributed by atoms with Crippen molar-refractivity contribution in [2.24, 2.45) is 0 Å². The number of carbonyl (C=O) groups excluding carboxylic acids is 1. The Kier molecular flexibility index (Phi) is 2.51. The summed E-state index contributed by atoms with van der Waals surface area (Å²) in [6.07, 6.45) is 2.13. The van der Waals surface area contributed by atoms with Crippen molar-refractivity contribution in [2.75, 3.05) is 5.32 Å². The summed E-state index contributed by atoms with van der Waals surface area (Å²) in [7, 11) is 0. The van der Waals surface area contributed by atoms with Gasteiger partial charge in [-0.05, 0) is 6.07 Å². The zero-order chi connectivity index (χ0) is 12.6. The monoisotopic (exact) mass is 237 g/mol. The molecule has 0 aliphatic heterocycles. The van der Waals surface area contributed by atoms with Gasteiger partial charge < -0.3 is 10.4 Å².